The van der Waals surface area contributed by atoms with Gasteiger partial charge in [-0.15, -0.1) is 0 Å². The highest BCUT2D eigenvalue weighted by Gasteiger charge is 2.36. The molecule has 0 bridgehead atoms. The van der Waals surface area contributed by atoms with Crippen molar-refractivity contribution < 1.29 is 28.9 Å². The lowest BCUT2D eigenvalue weighted by Gasteiger charge is -2.17. The standard InChI is InChI=1S/C27H16Cl2FN3O5/c28-15-10-16(29)12-18(11-15)33-23-8-7-17(30)13-21(23)24(26(33)35)32-31-22-6-2-5-20(25(22)34)14-3-1-4-19(9-14)38-27(36)37/h1-13,31,34H,(H,36,37). The van der Waals surface area contributed by atoms with Crippen LogP contribution in [0.4, 0.5) is 26.2 Å². The number of carbonyl (C=O) groups excluding carboxylic acids is 1. The maximum absolute atomic E-state index is 14.2. The first-order chi connectivity index (χ1) is 18.2. The summed E-state index contributed by atoms with van der Waals surface area (Å²) in [6, 6.07) is 19.4. The summed E-state index contributed by atoms with van der Waals surface area (Å²) in [5.74, 6) is -1.27. The van der Waals surface area contributed by atoms with Crippen LogP contribution in [0, 0.1) is 5.82 Å². The number of nitrogens with zero attached hydrogens (tertiary/aromatic N) is 2. The molecule has 5 rings (SSSR count). The molecule has 0 atom stereocenters. The van der Waals surface area contributed by atoms with Crippen molar-refractivity contribution in [2.45, 2.75) is 0 Å². The number of benzene rings is 4. The topological polar surface area (TPSA) is 111 Å². The Balaban J connectivity index is 1.51. The molecule has 0 fully saturated rings. The molecular formula is C27H16Cl2FN3O5. The first kappa shape index (κ1) is 25.1. The molecule has 0 radical (unpaired) electrons. The fourth-order valence-electron chi connectivity index (χ4n) is 4.07. The number of phenols is 1. The number of ether oxygens (including phenoxy) is 1. The number of anilines is 3. The van der Waals surface area contributed by atoms with Crippen molar-refractivity contribution in [1.82, 2.24) is 0 Å². The van der Waals surface area contributed by atoms with Crippen molar-refractivity contribution in [2.24, 2.45) is 5.10 Å². The first-order valence-corrected chi connectivity index (χ1v) is 11.7. The van der Waals surface area contributed by atoms with E-state index in [1.165, 1.54) is 47.4 Å². The molecule has 0 saturated heterocycles. The van der Waals surface area contributed by atoms with Crippen LogP contribution in [0.1, 0.15) is 5.56 Å². The van der Waals surface area contributed by atoms with Crippen LogP contribution in [0.5, 0.6) is 11.5 Å². The molecular weight excluding hydrogens is 536 g/mol. The van der Waals surface area contributed by atoms with E-state index in [9.17, 15) is 19.1 Å². The molecule has 38 heavy (non-hydrogen) atoms. The molecule has 1 heterocycles. The lowest BCUT2D eigenvalue weighted by molar-refractivity contribution is -0.111. The molecule has 8 nitrogen and oxygen atoms in total. The van der Waals surface area contributed by atoms with E-state index >= 15 is 0 Å². The minimum absolute atomic E-state index is 0.0735. The van der Waals surface area contributed by atoms with Gasteiger partial charge in [0.05, 0.1) is 17.1 Å². The second-order valence-electron chi connectivity index (χ2n) is 8.10. The summed E-state index contributed by atoms with van der Waals surface area (Å²) in [4.78, 5) is 25.6. The quantitative estimate of drug-likeness (QED) is 0.106. The molecule has 11 heteroatoms. The highest BCUT2D eigenvalue weighted by molar-refractivity contribution is 6.56. The number of nitrogens with one attached hydrogen (secondary N) is 1. The van der Waals surface area contributed by atoms with Gasteiger partial charge in [0.25, 0.3) is 5.91 Å². The number of rotatable bonds is 5. The van der Waals surface area contributed by atoms with Gasteiger partial charge in [-0.2, -0.15) is 5.10 Å². The molecule has 190 valence electrons. The third-order valence-corrected chi connectivity index (χ3v) is 6.08. The number of hydrogen-bond acceptors (Lipinski definition) is 6. The second kappa shape index (κ2) is 10.0. The van der Waals surface area contributed by atoms with Gasteiger partial charge in [-0.3, -0.25) is 15.1 Å². The Hall–Kier alpha value is -4.60. The number of para-hydroxylation sites is 1. The number of carbonyl (C=O) groups is 2. The maximum Gasteiger partial charge on any atom is 0.511 e. The second-order valence-corrected chi connectivity index (χ2v) is 8.97. The molecule has 0 aromatic heterocycles. The zero-order valence-corrected chi connectivity index (χ0v) is 20.7. The average Bonchev–Trinajstić information content (AvgIpc) is 3.13. The predicted molar refractivity (Wildman–Crippen MR) is 142 cm³/mol. The Labute approximate surface area is 225 Å². The molecule has 0 aliphatic carbocycles. The van der Waals surface area contributed by atoms with Crippen molar-refractivity contribution >= 4 is 58.0 Å². The first-order valence-electron chi connectivity index (χ1n) is 11.0. The van der Waals surface area contributed by atoms with Crippen molar-refractivity contribution in [1.29, 1.82) is 0 Å². The summed E-state index contributed by atoms with van der Waals surface area (Å²) >= 11 is 12.3. The van der Waals surface area contributed by atoms with Crippen molar-refractivity contribution in [3.05, 3.63) is 100 Å². The Morgan fingerprint density at radius 2 is 1.68 bits per heavy atom. The number of aromatic hydroxyl groups is 1. The van der Waals surface area contributed by atoms with Gasteiger partial charge < -0.3 is 14.9 Å². The van der Waals surface area contributed by atoms with Crippen LogP contribution >= 0.6 is 23.2 Å². The minimum atomic E-state index is -1.47. The molecule has 3 N–H and O–H groups in total. The number of fused-ring (bicyclic) bond motifs is 1. The SMILES string of the molecule is O=C(O)Oc1cccc(-c2cccc(NN=C3C(=O)N(c4cc(Cl)cc(Cl)c4)c4ccc(F)cc43)c2O)c1. The number of carboxylic acid groups (broad SMARTS) is 1. The third-order valence-electron chi connectivity index (χ3n) is 5.64. The summed E-state index contributed by atoms with van der Waals surface area (Å²) < 4.78 is 18.9. The van der Waals surface area contributed by atoms with Gasteiger partial charge in [-0.25, -0.2) is 9.18 Å². The van der Waals surface area contributed by atoms with Crippen molar-refractivity contribution in [3.63, 3.8) is 0 Å². The fourth-order valence-corrected chi connectivity index (χ4v) is 4.58. The number of amides is 1. The molecule has 4 aromatic rings. The van der Waals surface area contributed by atoms with Gasteiger partial charge in [0, 0.05) is 21.2 Å². The van der Waals surface area contributed by atoms with Gasteiger partial charge in [0.1, 0.15) is 17.3 Å². The molecule has 1 amide bonds. The summed E-state index contributed by atoms with van der Waals surface area (Å²) in [6.45, 7) is 0. The summed E-state index contributed by atoms with van der Waals surface area (Å²) in [6.07, 6.45) is -1.47. The van der Waals surface area contributed by atoms with E-state index in [-0.39, 0.29) is 28.5 Å². The van der Waals surface area contributed by atoms with Gasteiger partial charge in [0.15, 0.2) is 5.71 Å². The van der Waals surface area contributed by atoms with Crippen molar-refractivity contribution in [2.75, 3.05) is 10.3 Å². The van der Waals surface area contributed by atoms with E-state index in [1.54, 1.807) is 36.4 Å². The van der Waals surface area contributed by atoms with Crippen LogP contribution in [0.2, 0.25) is 10.0 Å². The zero-order valence-electron chi connectivity index (χ0n) is 19.2. The van der Waals surface area contributed by atoms with E-state index in [4.69, 9.17) is 28.3 Å². The molecule has 0 spiro atoms. The smallest absolute Gasteiger partial charge is 0.505 e. The van der Waals surface area contributed by atoms with Gasteiger partial charge in [0.2, 0.25) is 0 Å². The van der Waals surface area contributed by atoms with Crippen LogP contribution in [-0.2, 0) is 4.79 Å². The van der Waals surface area contributed by atoms with Crippen LogP contribution in [0.3, 0.4) is 0 Å². The Bertz CT molecular complexity index is 1620. The fraction of sp³-hybridized carbons (Fsp3) is 0. The van der Waals surface area contributed by atoms with Crippen LogP contribution in [0.15, 0.2) is 84.0 Å². The van der Waals surface area contributed by atoms with Crippen LogP contribution < -0.4 is 15.1 Å². The monoisotopic (exact) mass is 551 g/mol. The average molecular weight is 552 g/mol. The van der Waals surface area contributed by atoms with Crippen LogP contribution in [-0.4, -0.2) is 28.0 Å². The Morgan fingerprint density at radius 1 is 0.947 bits per heavy atom. The minimum Gasteiger partial charge on any atom is -0.505 e. The zero-order chi connectivity index (χ0) is 27.0. The number of hydrazone groups is 1. The molecule has 0 unspecified atom stereocenters. The Morgan fingerprint density at radius 3 is 2.42 bits per heavy atom. The number of halogens is 3. The predicted octanol–water partition coefficient (Wildman–Crippen LogP) is 7.06. The lowest BCUT2D eigenvalue weighted by Crippen LogP contribution is -2.26. The lowest BCUT2D eigenvalue weighted by atomic mass is 10.0. The molecule has 4 aromatic carbocycles. The number of phenolic OH excluding ortho intramolecular Hbond substituents is 1. The normalized spacial score (nSPS) is 13.5. The van der Waals surface area contributed by atoms with E-state index in [0.29, 0.717) is 32.5 Å². The summed E-state index contributed by atoms with van der Waals surface area (Å²) in [5, 5.41) is 24.6. The van der Waals surface area contributed by atoms with Crippen molar-refractivity contribution in [3.8, 4) is 22.6 Å². The summed E-state index contributed by atoms with van der Waals surface area (Å²) in [5.41, 5.74) is 4.55. The highest BCUT2D eigenvalue weighted by atomic mass is 35.5. The molecule has 1 aliphatic heterocycles. The van der Waals surface area contributed by atoms with Gasteiger partial charge in [-0.1, -0.05) is 47.5 Å². The van der Waals surface area contributed by atoms with E-state index < -0.39 is 17.9 Å². The third kappa shape index (κ3) is 4.84. The van der Waals surface area contributed by atoms with Gasteiger partial charge >= 0.3 is 6.16 Å². The van der Waals surface area contributed by atoms with E-state index in [1.807, 2.05) is 0 Å². The maximum atomic E-state index is 14.2. The van der Waals surface area contributed by atoms with E-state index in [2.05, 4.69) is 15.3 Å². The Kier molecular flexibility index (Phi) is 6.62. The molecule has 0 saturated carbocycles. The van der Waals surface area contributed by atoms with Gasteiger partial charge in [-0.05, 0) is 60.2 Å². The van der Waals surface area contributed by atoms with E-state index in [0.717, 1.165) is 0 Å². The summed E-state index contributed by atoms with van der Waals surface area (Å²) in [7, 11) is 0. The van der Waals surface area contributed by atoms with Crippen LogP contribution in [0.25, 0.3) is 11.1 Å². The largest absolute Gasteiger partial charge is 0.511 e. The number of hydrogen-bond donors (Lipinski definition) is 3. The molecule has 1 aliphatic rings. The highest BCUT2D eigenvalue weighted by Crippen LogP contribution is 2.40.